The first-order chi connectivity index (χ1) is 8.49. The molecule has 1 aromatic carbocycles. The number of benzene rings is 1. The molecule has 0 spiro atoms. The van der Waals surface area contributed by atoms with E-state index in [0.29, 0.717) is 12.5 Å². The second-order valence-corrected chi connectivity index (χ2v) is 5.08. The van der Waals surface area contributed by atoms with Gasteiger partial charge < -0.3 is 10.0 Å². The van der Waals surface area contributed by atoms with Crippen LogP contribution >= 0.6 is 0 Å². The lowest BCUT2D eigenvalue weighted by Gasteiger charge is -2.19. The summed E-state index contributed by atoms with van der Waals surface area (Å²) in [6, 6.07) is 9.05. The Kier molecular flexibility index (Phi) is 5.86. The number of nitrogens with zero attached hydrogens (tertiary/aromatic N) is 1. The molecular weight excluding hydrogens is 226 g/mol. The highest BCUT2D eigenvalue weighted by molar-refractivity contribution is 5.66. The van der Waals surface area contributed by atoms with Gasteiger partial charge in [-0.2, -0.15) is 0 Å². The first-order valence-electron chi connectivity index (χ1n) is 6.45. The second kappa shape index (κ2) is 7.17. The summed E-state index contributed by atoms with van der Waals surface area (Å²) in [7, 11) is 4.18. The van der Waals surface area contributed by atoms with E-state index in [1.54, 1.807) is 0 Å². The van der Waals surface area contributed by atoms with Gasteiger partial charge in [0.1, 0.15) is 0 Å². The minimum absolute atomic E-state index is 0.249. The molecule has 18 heavy (non-hydrogen) atoms. The SMILES string of the molecule is C[C@H](Cc1ccc(CCCC(=O)O)cc1)N(C)C. The number of carboxylic acids is 1. The van der Waals surface area contributed by atoms with Crippen molar-refractivity contribution in [1.82, 2.24) is 4.90 Å². The van der Waals surface area contributed by atoms with Crippen LogP contribution in [0.25, 0.3) is 0 Å². The number of carbonyl (C=O) groups is 1. The van der Waals surface area contributed by atoms with E-state index in [4.69, 9.17) is 5.11 Å². The standard InChI is InChI=1S/C15H23NO2/c1-12(16(2)3)11-14-9-7-13(8-10-14)5-4-6-15(17)18/h7-10,12H,4-6,11H2,1-3H3,(H,17,18)/t12-/m1/s1. The van der Waals surface area contributed by atoms with Crippen LogP contribution in [0.3, 0.4) is 0 Å². The summed E-state index contributed by atoms with van der Waals surface area (Å²) in [6.07, 6.45) is 2.85. The van der Waals surface area contributed by atoms with E-state index in [9.17, 15) is 4.79 Å². The molecule has 0 saturated carbocycles. The Morgan fingerprint density at radius 1 is 1.22 bits per heavy atom. The van der Waals surface area contributed by atoms with Crippen molar-refractivity contribution in [2.45, 2.75) is 38.6 Å². The molecule has 0 bridgehead atoms. The fourth-order valence-corrected chi connectivity index (χ4v) is 1.81. The van der Waals surface area contributed by atoms with Crippen molar-refractivity contribution in [2.75, 3.05) is 14.1 Å². The molecule has 1 aromatic rings. The third-order valence-corrected chi connectivity index (χ3v) is 3.29. The summed E-state index contributed by atoms with van der Waals surface area (Å²) in [4.78, 5) is 12.6. The van der Waals surface area contributed by atoms with E-state index >= 15 is 0 Å². The van der Waals surface area contributed by atoms with Gasteiger partial charge in [0, 0.05) is 12.5 Å². The van der Waals surface area contributed by atoms with Gasteiger partial charge in [-0.15, -0.1) is 0 Å². The molecule has 0 radical (unpaired) electrons. The Balaban J connectivity index is 2.44. The van der Waals surface area contributed by atoms with E-state index in [1.807, 2.05) is 0 Å². The Morgan fingerprint density at radius 2 is 1.78 bits per heavy atom. The van der Waals surface area contributed by atoms with Crippen molar-refractivity contribution in [1.29, 1.82) is 0 Å². The topological polar surface area (TPSA) is 40.5 Å². The summed E-state index contributed by atoms with van der Waals surface area (Å²) >= 11 is 0. The van der Waals surface area contributed by atoms with E-state index < -0.39 is 5.97 Å². The van der Waals surface area contributed by atoms with Crippen LogP contribution in [0.4, 0.5) is 0 Å². The molecule has 1 N–H and O–H groups in total. The molecule has 1 rings (SSSR count). The van der Waals surface area contributed by atoms with Gasteiger partial charge in [-0.25, -0.2) is 0 Å². The molecular formula is C15H23NO2. The lowest BCUT2D eigenvalue weighted by molar-refractivity contribution is -0.137. The van der Waals surface area contributed by atoms with E-state index in [-0.39, 0.29) is 6.42 Å². The van der Waals surface area contributed by atoms with Gasteiger partial charge in [-0.05, 0) is 51.4 Å². The van der Waals surface area contributed by atoms with Gasteiger partial charge >= 0.3 is 5.97 Å². The third kappa shape index (κ3) is 5.32. The molecule has 0 aliphatic carbocycles. The summed E-state index contributed by atoms with van der Waals surface area (Å²) in [6.45, 7) is 2.21. The highest BCUT2D eigenvalue weighted by Gasteiger charge is 2.05. The quantitative estimate of drug-likeness (QED) is 0.807. The second-order valence-electron chi connectivity index (χ2n) is 5.08. The molecule has 3 nitrogen and oxygen atoms in total. The molecule has 0 aliphatic heterocycles. The van der Waals surface area contributed by atoms with E-state index in [2.05, 4.69) is 50.2 Å². The van der Waals surface area contributed by atoms with Crippen molar-refractivity contribution >= 4 is 5.97 Å². The normalized spacial score (nSPS) is 12.7. The maximum Gasteiger partial charge on any atom is 0.303 e. The third-order valence-electron chi connectivity index (χ3n) is 3.29. The Morgan fingerprint density at radius 3 is 2.28 bits per heavy atom. The van der Waals surface area contributed by atoms with Crippen molar-refractivity contribution < 1.29 is 9.90 Å². The highest BCUT2D eigenvalue weighted by Crippen LogP contribution is 2.11. The number of carboxylic acid groups (broad SMARTS) is 1. The van der Waals surface area contributed by atoms with E-state index in [0.717, 1.165) is 12.8 Å². The molecule has 0 heterocycles. The van der Waals surface area contributed by atoms with Crippen LogP contribution in [0.1, 0.15) is 30.9 Å². The maximum atomic E-state index is 10.4. The minimum atomic E-state index is -0.716. The lowest BCUT2D eigenvalue weighted by Crippen LogP contribution is -2.26. The van der Waals surface area contributed by atoms with Crippen LogP contribution in [-0.4, -0.2) is 36.1 Å². The van der Waals surface area contributed by atoms with Crippen molar-refractivity contribution in [3.05, 3.63) is 35.4 Å². The summed E-state index contributed by atoms with van der Waals surface area (Å²) in [5.74, 6) is -0.716. The van der Waals surface area contributed by atoms with Crippen molar-refractivity contribution in [3.8, 4) is 0 Å². The largest absolute Gasteiger partial charge is 0.481 e. The first kappa shape index (κ1) is 14.7. The summed E-state index contributed by atoms with van der Waals surface area (Å²) in [5.41, 5.74) is 2.55. The minimum Gasteiger partial charge on any atom is -0.481 e. The zero-order valence-electron chi connectivity index (χ0n) is 11.5. The van der Waals surface area contributed by atoms with Gasteiger partial charge in [0.2, 0.25) is 0 Å². The average molecular weight is 249 g/mol. The van der Waals surface area contributed by atoms with Gasteiger partial charge in [0.05, 0.1) is 0 Å². The van der Waals surface area contributed by atoms with Gasteiger partial charge in [0.25, 0.3) is 0 Å². The molecule has 3 heteroatoms. The fourth-order valence-electron chi connectivity index (χ4n) is 1.81. The number of rotatable bonds is 7. The predicted octanol–water partition coefficient (Wildman–Crippen LogP) is 2.59. The first-order valence-corrected chi connectivity index (χ1v) is 6.45. The van der Waals surface area contributed by atoms with E-state index in [1.165, 1.54) is 11.1 Å². The summed E-state index contributed by atoms with van der Waals surface area (Å²) < 4.78 is 0. The molecule has 0 aliphatic rings. The van der Waals surface area contributed by atoms with Gasteiger partial charge in [-0.1, -0.05) is 24.3 Å². The average Bonchev–Trinajstić information content (AvgIpc) is 2.30. The number of aryl methyl sites for hydroxylation is 1. The van der Waals surface area contributed by atoms with Crippen molar-refractivity contribution in [2.24, 2.45) is 0 Å². The smallest absolute Gasteiger partial charge is 0.303 e. The van der Waals surface area contributed by atoms with Crippen LogP contribution in [0.5, 0.6) is 0 Å². The summed E-state index contributed by atoms with van der Waals surface area (Å²) in [5, 5.41) is 8.58. The van der Waals surface area contributed by atoms with Crippen molar-refractivity contribution in [3.63, 3.8) is 0 Å². The fraction of sp³-hybridized carbons (Fsp3) is 0.533. The molecule has 0 aromatic heterocycles. The number of hydrogen-bond acceptors (Lipinski definition) is 2. The Labute approximate surface area is 109 Å². The number of hydrogen-bond donors (Lipinski definition) is 1. The van der Waals surface area contributed by atoms with Crippen LogP contribution in [0.2, 0.25) is 0 Å². The lowest BCUT2D eigenvalue weighted by atomic mass is 10.0. The molecule has 0 fully saturated rings. The van der Waals surface area contributed by atoms with Gasteiger partial charge in [-0.3, -0.25) is 4.79 Å². The molecule has 1 atom stereocenters. The van der Waals surface area contributed by atoms with Crippen LogP contribution in [-0.2, 0) is 17.6 Å². The van der Waals surface area contributed by atoms with Crippen LogP contribution in [0.15, 0.2) is 24.3 Å². The Bertz CT molecular complexity index is 371. The predicted molar refractivity (Wildman–Crippen MR) is 73.9 cm³/mol. The molecule has 0 saturated heterocycles. The number of aliphatic carboxylic acids is 1. The maximum absolute atomic E-state index is 10.4. The zero-order chi connectivity index (χ0) is 13.5. The number of likely N-dealkylation sites (N-methyl/N-ethyl adjacent to an activating group) is 1. The molecule has 0 unspecified atom stereocenters. The highest BCUT2D eigenvalue weighted by atomic mass is 16.4. The molecule has 0 amide bonds. The van der Waals surface area contributed by atoms with Crippen LogP contribution in [0, 0.1) is 0 Å². The van der Waals surface area contributed by atoms with Gasteiger partial charge in [0.15, 0.2) is 0 Å². The van der Waals surface area contributed by atoms with Crippen LogP contribution < -0.4 is 0 Å². The molecule has 100 valence electrons. The zero-order valence-corrected chi connectivity index (χ0v) is 11.5. The Hall–Kier alpha value is -1.35. The monoisotopic (exact) mass is 249 g/mol.